The summed E-state index contributed by atoms with van der Waals surface area (Å²) >= 11 is 3.48. The minimum Gasteiger partial charge on any atom is -0.362 e. The zero-order chi connectivity index (χ0) is 17.9. The first-order chi connectivity index (χ1) is 12.0. The number of nitrogens with zero attached hydrogens (tertiary/aromatic N) is 2. The van der Waals surface area contributed by atoms with Crippen molar-refractivity contribution < 1.29 is 4.79 Å². The quantitative estimate of drug-likeness (QED) is 0.821. The molecule has 1 aliphatic carbocycles. The van der Waals surface area contributed by atoms with Gasteiger partial charge in [0.05, 0.1) is 5.41 Å². The van der Waals surface area contributed by atoms with Crippen molar-refractivity contribution in [3.05, 3.63) is 58.2 Å². The van der Waals surface area contributed by atoms with Crippen LogP contribution < -0.4 is 10.2 Å². The molecule has 0 atom stereocenters. The standard InChI is InChI=1S/C20H24BrN3O/c1-24(2)18-15(6-5-13-22-18)14-23-19(25)20(11-3-4-12-20)16-7-9-17(21)10-8-16/h5-10,13H,3-4,11-12,14H2,1-2H3,(H,23,25). The molecule has 0 aliphatic heterocycles. The fourth-order valence-corrected chi connectivity index (χ4v) is 3.97. The van der Waals surface area contributed by atoms with E-state index in [-0.39, 0.29) is 5.91 Å². The molecule has 4 nitrogen and oxygen atoms in total. The Morgan fingerprint density at radius 3 is 2.52 bits per heavy atom. The van der Waals surface area contributed by atoms with Crippen molar-refractivity contribution in [3.8, 4) is 0 Å². The summed E-state index contributed by atoms with van der Waals surface area (Å²) in [6.07, 6.45) is 5.79. The van der Waals surface area contributed by atoms with Crippen LogP contribution in [0.15, 0.2) is 47.1 Å². The van der Waals surface area contributed by atoms with Crippen molar-refractivity contribution >= 4 is 27.7 Å². The number of nitrogens with one attached hydrogen (secondary N) is 1. The monoisotopic (exact) mass is 401 g/mol. The molecule has 1 saturated carbocycles. The van der Waals surface area contributed by atoms with Gasteiger partial charge in [-0.2, -0.15) is 0 Å². The number of hydrogen-bond acceptors (Lipinski definition) is 3. The summed E-state index contributed by atoms with van der Waals surface area (Å²) in [5.74, 6) is 1.02. The van der Waals surface area contributed by atoms with Crippen LogP contribution in [-0.4, -0.2) is 25.0 Å². The predicted octanol–water partition coefficient (Wildman–Crippen LogP) is 4.04. The smallest absolute Gasteiger partial charge is 0.230 e. The number of rotatable bonds is 5. The van der Waals surface area contributed by atoms with Crippen molar-refractivity contribution in [3.63, 3.8) is 0 Å². The fraction of sp³-hybridized carbons (Fsp3) is 0.400. The highest BCUT2D eigenvalue weighted by atomic mass is 79.9. The van der Waals surface area contributed by atoms with E-state index in [2.05, 4.69) is 38.4 Å². The molecule has 0 saturated heterocycles. The van der Waals surface area contributed by atoms with Gasteiger partial charge in [0.2, 0.25) is 5.91 Å². The molecule has 132 valence electrons. The lowest BCUT2D eigenvalue weighted by molar-refractivity contribution is -0.126. The molecule has 1 N–H and O–H groups in total. The van der Waals surface area contributed by atoms with Crippen LogP contribution in [-0.2, 0) is 16.8 Å². The van der Waals surface area contributed by atoms with E-state index >= 15 is 0 Å². The lowest BCUT2D eigenvalue weighted by Gasteiger charge is -2.29. The minimum atomic E-state index is -0.402. The van der Waals surface area contributed by atoms with Crippen molar-refractivity contribution in [2.75, 3.05) is 19.0 Å². The number of anilines is 1. The molecule has 0 unspecified atom stereocenters. The van der Waals surface area contributed by atoms with Crippen LogP contribution in [0.1, 0.15) is 36.8 Å². The third-order valence-corrected chi connectivity index (χ3v) is 5.55. The van der Waals surface area contributed by atoms with E-state index in [1.807, 2.05) is 43.3 Å². The summed E-state index contributed by atoms with van der Waals surface area (Å²) in [4.78, 5) is 19.5. The van der Waals surface area contributed by atoms with E-state index < -0.39 is 5.41 Å². The van der Waals surface area contributed by atoms with Gasteiger partial charge in [-0.1, -0.05) is 47.0 Å². The highest BCUT2D eigenvalue weighted by Crippen LogP contribution is 2.41. The van der Waals surface area contributed by atoms with Crippen LogP contribution in [0.25, 0.3) is 0 Å². The van der Waals surface area contributed by atoms with Gasteiger partial charge in [0.15, 0.2) is 0 Å². The topological polar surface area (TPSA) is 45.2 Å². The predicted molar refractivity (Wildman–Crippen MR) is 105 cm³/mol. The van der Waals surface area contributed by atoms with Gasteiger partial charge in [0.25, 0.3) is 0 Å². The number of carbonyl (C=O) groups excluding carboxylic acids is 1. The van der Waals surface area contributed by atoms with Crippen LogP contribution in [0.4, 0.5) is 5.82 Å². The van der Waals surface area contributed by atoms with Crippen LogP contribution in [0.2, 0.25) is 0 Å². The molecule has 1 aromatic carbocycles. The highest BCUT2D eigenvalue weighted by molar-refractivity contribution is 9.10. The number of aromatic nitrogens is 1. The van der Waals surface area contributed by atoms with E-state index in [1.54, 1.807) is 6.20 Å². The number of benzene rings is 1. The second-order valence-electron chi connectivity index (χ2n) is 6.86. The fourth-order valence-electron chi connectivity index (χ4n) is 3.71. The van der Waals surface area contributed by atoms with Gasteiger partial charge in [-0.25, -0.2) is 4.98 Å². The van der Waals surface area contributed by atoms with E-state index in [4.69, 9.17) is 0 Å². The molecule has 0 radical (unpaired) electrons. The molecule has 1 aromatic heterocycles. The Morgan fingerprint density at radius 1 is 1.20 bits per heavy atom. The zero-order valence-electron chi connectivity index (χ0n) is 14.8. The molecule has 1 fully saturated rings. The van der Waals surface area contributed by atoms with E-state index in [1.165, 1.54) is 0 Å². The molecule has 3 rings (SSSR count). The minimum absolute atomic E-state index is 0.126. The van der Waals surface area contributed by atoms with Gasteiger partial charge in [0, 0.05) is 36.9 Å². The third kappa shape index (κ3) is 3.71. The first-order valence-corrected chi connectivity index (χ1v) is 9.48. The molecule has 25 heavy (non-hydrogen) atoms. The Balaban J connectivity index is 1.80. The number of carbonyl (C=O) groups is 1. The summed E-state index contributed by atoms with van der Waals surface area (Å²) in [6, 6.07) is 12.1. The van der Waals surface area contributed by atoms with Crippen molar-refractivity contribution in [2.45, 2.75) is 37.6 Å². The Labute approximate surface area is 157 Å². The van der Waals surface area contributed by atoms with Crippen molar-refractivity contribution in [2.24, 2.45) is 0 Å². The highest BCUT2D eigenvalue weighted by Gasteiger charge is 2.42. The molecule has 0 spiro atoms. The first kappa shape index (κ1) is 17.9. The van der Waals surface area contributed by atoms with Crippen LogP contribution in [0.3, 0.4) is 0 Å². The van der Waals surface area contributed by atoms with Gasteiger partial charge in [-0.3, -0.25) is 4.79 Å². The Morgan fingerprint density at radius 2 is 1.88 bits per heavy atom. The molecule has 5 heteroatoms. The van der Waals surface area contributed by atoms with Crippen molar-refractivity contribution in [1.29, 1.82) is 0 Å². The average Bonchev–Trinajstić information content (AvgIpc) is 3.11. The summed E-state index contributed by atoms with van der Waals surface area (Å²) in [7, 11) is 3.93. The molecule has 0 bridgehead atoms. The number of hydrogen-bond donors (Lipinski definition) is 1. The second kappa shape index (κ2) is 7.56. The van der Waals surface area contributed by atoms with Crippen molar-refractivity contribution in [1.82, 2.24) is 10.3 Å². The number of halogens is 1. The molecular weight excluding hydrogens is 378 g/mol. The zero-order valence-corrected chi connectivity index (χ0v) is 16.3. The molecule has 1 heterocycles. The van der Waals surface area contributed by atoms with E-state index in [0.29, 0.717) is 6.54 Å². The Bertz CT molecular complexity index is 737. The lowest BCUT2D eigenvalue weighted by atomic mass is 9.78. The van der Waals surface area contributed by atoms with Gasteiger partial charge < -0.3 is 10.2 Å². The molecule has 2 aromatic rings. The largest absolute Gasteiger partial charge is 0.362 e. The maximum atomic E-state index is 13.2. The average molecular weight is 402 g/mol. The van der Waals surface area contributed by atoms with Crippen LogP contribution in [0.5, 0.6) is 0 Å². The lowest BCUT2D eigenvalue weighted by Crippen LogP contribution is -2.42. The Hall–Kier alpha value is -1.88. The maximum Gasteiger partial charge on any atom is 0.230 e. The second-order valence-corrected chi connectivity index (χ2v) is 7.78. The van der Waals surface area contributed by atoms with E-state index in [9.17, 15) is 4.79 Å². The van der Waals surface area contributed by atoms with Gasteiger partial charge in [-0.15, -0.1) is 0 Å². The normalized spacial score (nSPS) is 15.8. The summed E-state index contributed by atoms with van der Waals surface area (Å²) < 4.78 is 1.04. The third-order valence-electron chi connectivity index (χ3n) is 5.02. The number of pyridine rings is 1. The first-order valence-electron chi connectivity index (χ1n) is 8.68. The molecular formula is C20H24BrN3O. The summed E-state index contributed by atoms with van der Waals surface area (Å²) in [6.45, 7) is 0.498. The molecule has 1 amide bonds. The summed E-state index contributed by atoms with van der Waals surface area (Å²) in [5, 5.41) is 3.17. The van der Waals surface area contributed by atoms with Gasteiger partial charge in [-0.05, 0) is 36.6 Å². The van der Waals surface area contributed by atoms with Crippen LogP contribution >= 0.6 is 15.9 Å². The maximum absolute atomic E-state index is 13.2. The van der Waals surface area contributed by atoms with E-state index in [0.717, 1.165) is 47.1 Å². The van der Waals surface area contributed by atoms with Crippen LogP contribution in [0, 0.1) is 0 Å². The molecule has 1 aliphatic rings. The summed E-state index contributed by atoms with van der Waals surface area (Å²) in [5.41, 5.74) is 1.75. The number of amides is 1. The van der Waals surface area contributed by atoms with Gasteiger partial charge in [0.1, 0.15) is 5.82 Å². The van der Waals surface area contributed by atoms with Gasteiger partial charge >= 0.3 is 0 Å². The SMILES string of the molecule is CN(C)c1ncccc1CNC(=O)C1(c2ccc(Br)cc2)CCCC1. The Kier molecular flexibility index (Phi) is 5.42.